The number of aliphatic hydroxyl groups is 1. The van der Waals surface area contributed by atoms with E-state index in [1.54, 1.807) is 49.4 Å². The Balaban J connectivity index is 2.11. The number of fused-ring (bicyclic) bond motifs is 1. The molecule has 1 unspecified atom stereocenters. The summed E-state index contributed by atoms with van der Waals surface area (Å²) in [5.74, 6) is -3.68. The standard InChI is InChI=1S/C25H21NO7/c1-12-21(28)16-10-6-9-15(23(16)33-22(12)14-7-4-3-5-8-14)19-18(24(29)30)13(2)26-17(11-27)20(19)25(31)32/h3-10,19,26-27H,11H2,1-2H3,(H,29,30)(H,31,32). The van der Waals surface area contributed by atoms with Crippen LogP contribution in [0.15, 0.2) is 80.3 Å². The normalized spacial score (nSPS) is 16.2. The second-order valence-electron chi connectivity index (χ2n) is 7.73. The number of allylic oxidation sites excluding steroid dienone is 1. The number of benzene rings is 2. The molecule has 8 nitrogen and oxygen atoms in total. The average molecular weight is 447 g/mol. The van der Waals surface area contributed by atoms with Gasteiger partial charge in [-0.1, -0.05) is 42.5 Å². The first-order chi connectivity index (χ1) is 15.8. The number of carbonyl (C=O) groups is 2. The number of para-hydroxylation sites is 1. The number of hydrogen-bond acceptors (Lipinski definition) is 6. The van der Waals surface area contributed by atoms with E-state index in [2.05, 4.69) is 5.32 Å². The van der Waals surface area contributed by atoms with Crippen LogP contribution in [0.2, 0.25) is 0 Å². The summed E-state index contributed by atoms with van der Waals surface area (Å²) in [6.07, 6.45) is 0. The maximum atomic E-state index is 13.2. The van der Waals surface area contributed by atoms with Crippen LogP contribution in [-0.2, 0) is 9.59 Å². The Hall–Kier alpha value is -4.17. The number of rotatable bonds is 5. The van der Waals surface area contributed by atoms with E-state index >= 15 is 0 Å². The quantitative estimate of drug-likeness (QED) is 0.468. The molecule has 0 fully saturated rings. The number of carboxylic acids is 2. The van der Waals surface area contributed by atoms with Gasteiger partial charge in [-0.15, -0.1) is 0 Å². The smallest absolute Gasteiger partial charge is 0.334 e. The molecule has 0 amide bonds. The average Bonchev–Trinajstić information content (AvgIpc) is 2.80. The second kappa shape index (κ2) is 8.40. The van der Waals surface area contributed by atoms with Crippen molar-refractivity contribution in [2.24, 2.45) is 0 Å². The molecule has 0 radical (unpaired) electrons. The molecule has 1 aromatic heterocycles. The molecule has 8 heteroatoms. The van der Waals surface area contributed by atoms with Crippen molar-refractivity contribution >= 4 is 22.9 Å². The van der Waals surface area contributed by atoms with Gasteiger partial charge in [0, 0.05) is 22.4 Å². The third-order valence-electron chi connectivity index (χ3n) is 5.79. The highest BCUT2D eigenvalue weighted by Crippen LogP contribution is 2.41. The SMILES string of the molecule is CC1=C(C(=O)O)C(c2cccc3c(=O)c(C)c(-c4ccccc4)oc23)C(C(=O)O)=C(CO)N1. The molecular weight excluding hydrogens is 426 g/mol. The highest BCUT2D eigenvalue weighted by Gasteiger charge is 2.39. The minimum Gasteiger partial charge on any atom is -0.478 e. The zero-order valence-electron chi connectivity index (χ0n) is 17.9. The second-order valence-corrected chi connectivity index (χ2v) is 7.73. The lowest BCUT2D eigenvalue weighted by Gasteiger charge is -2.29. The van der Waals surface area contributed by atoms with Crippen molar-refractivity contribution in [1.82, 2.24) is 5.32 Å². The van der Waals surface area contributed by atoms with Crippen molar-refractivity contribution in [1.29, 1.82) is 0 Å². The third-order valence-corrected chi connectivity index (χ3v) is 5.79. The summed E-state index contributed by atoms with van der Waals surface area (Å²) in [6.45, 7) is 2.50. The summed E-state index contributed by atoms with van der Waals surface area (Å²) >= 11 is 0. The van der Waals surface area contributed by atoms with Crippen LogP contribution < -0.4 is 10.7 Å². The zero-order chi connectivity index (χ0) is 23.9. The first-order valence-corrected chi connectivity index (χ1v) is 10.2. The summed E-state index contributed by atoms with van der Waals surface area (Å²) in [5.41, 5.74) is 0.687. The summed E-state index contributed by atoms with van der Waals surface area (Å²) in [5, 5.41) is 32.6. The number of aliphatic carboxylic acids is 2. The molecule has 0 aliphatic carbocycles. The minimum atomic E-state index is -1.39. The van der Waals surface area contributed by atoms with E-state index in [0.717, 1.165) is 0 Å². The van der Waals surface area contributed by atoms with Crippen LogP contribution in [0.1, 0.15) is 24.0 Å². The minimum absolute atomic E-state index is 0.0234. The van der Waals surface area contributed by atoms with Crippen LogP contribution in [-0.4, -0.2) is 33.9 Å². The van der Waals surface area contributed by atoms with E-state index in [1.165, 1.54) is 6.92 Å². The first-order valence-electron chi connectivity index (χ1n) is 10.2. The molecule has 1 atom stereocenters. The Morgan fingerprint density at radius 2 is 1.64 bits per heavy atom. The molecule has 3 aromatic rings. The van der Waals surface area contributed by atoms with E-state index < -0.39 is 24.5 Å². The van der Waals surface area contributed by atoms with Crippen LogP contribution in [0.4, 0.5) is 0 Å². The van der Waals surface area contributed by atoms with Gasteiger partial charge < -0.3 is 25.1 Å². The molecule has 2 heterocycles. The van der Waals surface area contributed by atoms with Gasteiger partial charge in [-0.05, 0) is 19.9 Å². The van der Waals surface area contributed by atoms with Crippen LogP contribution in [0.5, 0.6) is 0 Å². The molecule has 33 heavy (non-hydrogen) atoms. The summed E-state index contributed by atoms with van der Waals surface area (Å²) in [4.78, 5) is 37.6. The van der Waals surface area contributed by atoms with Gasteiger partial charge >= 0.3 is 11.9 Å². The maximum absolute atomic E-state index is 13.2. The van der Waals surface area contributed by atoms with Crippen molar-refractivity contribution in [2.45, 2.75) is 19.8 Å². The van der Waals surface area contributed by atoms with E-state index in [4.69, 9.17) is 4.42 Å². The van der Waals surface area contributed by atoms with Crippen LogP contribution in [0.3, 0.4) is 0 Å². The number of dihydropyridines is 1. The maximum Gasteiger partial charge on any atom is 0.334 e. The van der Waals surface area contributed by atoms with Gasteiger partial charge in [0.2, 0.25) is 0 Å². The molecule has 1 aliphatic heterocycles. The van der Waals surface area contributed by atoms with Crippen molar-refractivity contribution in [2.75, 3.05) is 6.61 Å². The molecule has 0 saturated heterocycles. The van der Waals surface area contributed by atoms with E-state index in [1.807, 2.05) is 6.07 Å². The number of carboxylic acid groups (broad SMARTS) is 2. The predicted octanol–water partition coefficient (Wildman–Crippen LogP) is 3.14. The fraction of sp³-hybridized carbons (Fsp3) is 0.160. The predicted molar refractivity (Wildman–Crippen MR) is 121 cm³/mol. The molecule has 0 bridgehead atoms. The number of nitrogens with one attached hydrogen (secondary N) is 1. The monoisotopic (exact) mass is 447 g/mol. The summed E-state index contributed by atoms with van der Waals surface area (Å²) in [7, 11) is 0. The fourth-order valence-corrected chi connectivity index (χ4v) is 4.29. The molecule has 1 aliphatic rings. The Kier molecular flexibility index (Phi) is 5.61. The molecule has 168 valence electrons. The van der Waals surface area contributed by atoms with Crippen LogP contribution in [0, 0.1) is 6.92 Å². The lowest BCUT2D eigenvalue weighted by Crippen LogP contribution is -2.33. The van der Waals surface area contributed by atoms with E-state index in [9.17, 15) is 29.7 Å². The van der Waals surface area contributed by atoms with Gasteiger partial charge in [0.15, 0.2) is 5.43 Å². The van der Waals surface area contributed by atoms with Gasteiger partial charge in [-0.3, -0.25) is 4.79 Å². The van der Waals surface area contributed by atoms with E-state index in [0.29, 0.717) is 16.9 Å². The van der Waals surface area contributed by atoms with Crippen molar-refractivity contribution in [3.05, 3.63) is 92.4 Å². The van der Waals surface area contributed by atoms with Gasteiger partial charge in [0.05, 0.1) is 34.8 Å². The van der Waals surface area contributed by atoms with Gasteiger partial charge in [0.1, 0.15) is 11.3 Å². The van der Waals surface area contributed by atoms with Crippen molar-refractivity contribution in [3.8, 4) is 11.3 Å². The molecule has 2 aromatic carbocycles. The summed E-state index contributed by atoms with van der Waals surface area (Å²) in [6, 6.07) is 13.6. The lowest BCUT2D eigenvalue weighted by atomic mass is 9.79. The Morgan fingerprint density at radius 1 is 0.970 bits per heavy atom. The molecule has 0 spiro atoms. The Morgan fingerprint density at radius 3 is 2.24 bits per heavy atom. The van der Waals surface area contributed by atoms with Crippen molar-refractivity contribution in [3.63, 3.8) is 0 Å². The molecule has 4 rings (SSSR count). The lowest BCUT2D eigenvalue weighted by molar-refractivity contribution is -0.133. The first kappa shape index (κ1) is 22.0. The van der Waals surface area contributed by atoms with E-state index in [-0.39, 0.29) is 44.5 Å². The topological polar surface area (TPSA) is 137 Å². The Labute approximate surface area is 188 Å². The zero-order valence-corrected chi connectivity index (χ0v) is 17.9. The van der Waals surface area contributed by atoms with Crippen LogP contribution >= 0.6 is 0 Å². The van der Waals surface area contributed by atoms with Crippen molar-refractivity contribution < 1.29 is 29.3 Å². The van der Waals surface area contributed by atoms with Gasteiger partial charge in [0.25, 0.3) is 0 Å². The third kappa shape index (κ3) is 3.60. The van der Waals surface area contributed by atoms with Gasteiger partial charge in [-0.25, -0.2) is 9.59 Å². The largest absolute Gasteiger partial charge is 0.478 e. The number of hydrogen-bond donors (Lipinski definition) is 4. The molecular formula is C25H21NO7. The fourth-order valence-electron chi connectivity index (χ4n) is 4.29. The Bertz CT molecular complexity index is 1410. The van der Waals surface area contributed by atoms with Gasteiger partial charge in [-0.2, -0.15) is 0 Å². The molecule has 0 saturated carbocycles. The molecule has 4 N–H and O–H groups in total. The summed E-state index contributed by atoms with van der Waals surface area (Å²) < 4.78 is 6.19. The highest BCUT2D eigenvalue weighted by molar-refractivity contribution is 6.00. The van der Waals surface area contributed by atoms with Crippen LogP contribution in [0.25, 0.3) is 22.3 Å². The number of aliphatic hydroxyl groups excluding tert-OH is 1. The highest BCUT2D eigenvalue weighted by atomic mass is 16.4.